The molecule has 1 aromatic carbocycles. The fourth-order valence-electron chi connectivity index (χ4n) is 4.68. The number of benzene rings is 1. The lowest BCUT2D eigenvalue weighted by Crippen LogP contribution is -2.72. The SMILES string of the molecule is I.NC(=NCc1cccc(C(F)(F)F)c1)NC1C2CCOC2C12CCC2. The second-order valence-electron chi connectivity index (χ2n) is 7.35. The van der Waals surface area contributed by atoms with Gasteiger partial charge in [-0.2, -0.15) is 13.2 Å². The number of guanidine groups is 1. The maximum atomic E-state index is 12.8. The largest absolute Gasteiger partial charge is 0.416 e. The number of fused-ring (bicyclic) bond motifs is 2. The van der Waals surface area contributed by atoms with E-state index in [2.05, 4.69) is 10.3 Å². The van der Waals surface area contributed by atoms with Gasteiger partial charge in [0.05, 0.1) is 18.2 Å². The van der Waals surface area contributed by atoms with E-state index in [0.717, 1.165) is 38.0 Å². The summed E-state index contributed by atoms with van der Waals surface area (Å²) in [5.74, 6) is 0.779. The average molecular weight is 481 g/mol. The van der Waals surface area contributed by atoms with Crippen LogP contribution in [0.15, 0.2) is 29.3 Å². The first-order valence-corrected chi connectivity index (χ1v) is 8.74. The van der Waals surface area contributed by atoms with E-state index in [1.54, 1.807) is 6.07 Å². The Balaban J connectivity index is 0.00000196. The monoisotopic (exact) mass is 481 g/mol. The molecule has 1 aliphatic heterocycles. The van der Waals surface area contributed by atoms with Gasteiger partial charge in [0.2, 0.25) is 0 Å². The summed E-state index contributed by atoms with van der Waals surface area (Å²) in [6.07, 6.45) is 0.537. The number of nitrogens with one attached hydrogen (secondary N) is 1. The van der Waals surface area contributed by atoms with E-state index in [1.165, 1.54) is 12.5 Å². The minimum Gasteiger partial charge on any atom is -0.377 e. The minimum absolute atomic E-state index is 0. The lowest BCUT2D eigenvalue weighted by molar-refractivity contribution is -0.171. The van der Waals surface area contributed by atoms with Gasteiger partial charge in [-0.15, -0.1) is 24.0 Å². The van der Waals surface area contributed by atoms with Gasteiger partial charge in [0.15, 0.2) is 5.96 Å². The number of hydrogen-bond donors (Lipinski definition) is 2. The Hall–Kier alpha value is -1.03. The molecular weight excluding hydrogens is 458 g/mol. The number of ether oxygens (including phenoxy) is 1. The molecule has 3 fully saturated rings. The van der Waals surface area contributed by atoms with Crippen molar-refractivity contribution in [2.45, 2.75) is 50.6 Å². The van der Waals surface area contributed by atoms with E-state index in [0.29, 0.717) is 23.5 Å². The molecule has 1 aromatic rings. The van der Waals surface area contributed by atoms with Gasteiger partial charge in [0.1, 0.15) is 0 Å². The van der Waals surface area contributed by atoms with Crippen molar-refractivity contribution in [3.63, 3.8) is 0 Å². The van der Waals surface area contributed by atoms with Crippen molar-refractivity contribution in [2.24, 2.45) is 22.1 Å². The second-order valence-corrected chi connectivity index (χ2v) is 7.35. The summed E-state index contributed by atoms with van der Waals surface area (Å²) in [5, 5.41) is 3.32. The Bertz CT molecular complexity index is 691. The molecule has 26 heavy (non-hydrogen) atoms. The lowest BCUT2D eigenvalue weighted by Gasteiger charge is -2.63. The van der Waals surface area contributed by atoms with Gasteiger partial charge in [-0.05, 0) is 37.0 Å². The molecule has 3 N–H and O–H groups in total. The van der Waals surface area contributed by atoms with Crippen LogP contribution in [0.25, 0.3) is 0 Å². The molecule has 1 heterocycles. The Morgan fingerprint density at radius 3 is 2.77 bits per heavy atom. The van der Waals surface area contributed by atoms with Crippen LogP contribution in [0.3, 0.4) is 0 Å². The number of nitrogens with two attached hydrogens (primary N) is 1. The van der Waals surface area contributed by atoms with Gasteiger partial charge >= 0.3 is 6.18 Å². The van der Waals surface area contributed by atoms with Crippen LogP contribution in [0.5, 0.6) is 0 Å². The molecule has 3 aliphatic rings. The summed E-state index contributed by atoms with van der Waals surface area (Å²) >= 11 is 0. The van der Waals surface area contributed by atoms with E-state index in [1.807, 2.05) is 0 Å². The summed E-state index contributed by atoms with van der Waals surface area (Å²) in [4.78, 5) is 4.25. The van der Waals surface area contributed by atoms with Gasteiger partial charge in [0, 0.05) is 24.0 Å². The smallest absolute Gasteiger partial charge is 0.377 e. The molecule has 1 saturated heterocycles. The molecule has 1 spiro atoms. The van der Waals surface area contributed by atoms with Crippen LogP contribution in [0.2, 0.25) is 0 Å². The molecule has 3 atom stereocenters. The van der Waals surface area contributed by atoms with Crippen molar-refractivity contribution in [2.75, 3.05) is 6.61 Å². The van der Waals surface area contributed by atoms with Crippen LogP contribution in [0, 0.1) is 11.3 Å². The zero-order valence-electron chi connectivity index (χ0n) is 14.3. The molecule has 0 radical (unpaired) electrons. The normalized spacial score (nSPS) is 29.3. The molecule has 3 unspecified atom stereocenters. The van der Waals surface area contributed by atoms with Gasteiger partial charge in [-0.3, -0.25) is 0 Å². The Kier molecular flexibility index (Phi) is 5.45. The van der Waals surface area contributed by atoms with Crippen LogP contribution >= 0.6 is 24.0 Å². The summed E-state index contributed by atoms with van der Waals surface area (Å²) in [6.45, 7) is 0.934. The predicted octanol–water partition coefficient (Wildman–Crippen LogP) is 3.69. The average Bonchev–Trinajstić information content (AvgIpc) is 2.94. The summed E-state index contributed by atoms with van der Waals surface area (Å²) < 4.78 is 44.2. The Morgan fingerprint density at radius 1 is 1.35 bits per heavy atom. The molecule has 4 nitrogen and oxygen atoms in total. The number of hydrogen-bond acceptors (Lipinski definition) is 2. The number of halogens is 4. The van der Waals surface area contributed by atoms with Crippen LogP contribution in [0.1, 0.15) is 36.8 Å². The highest BCUT2D eigenvalue weighted by Gasteiger charge is 2.66. The number of rotatable bonds is 3. The maximum Gasteiger partial charge on any atom is 0.416 e. The van der Waals surface area contributed by atoms with E-state index in [4.69, 9.17) is 10.5 Å². The van der Waals surface area contributed by atoms with Gasteiger partial charge < -0.3 is 15.8 Å². The molecule has 4 rings (SSSR count). The first kappa shape index (κ1) is 19.7. The summed E-state index contributed by atoms with van der Waals surface area (Å²) in [7, 11) is 0. The molecule has 0 amide bonds. The quantitative estimate of drug-likeness (QED) is 0.394. The van der Waals surface area contributed by atoms with Crippen molar-refractivity contribution < 1.29 is 17.9 Å². The van der Waals surface area contributed by atoms with Crippen LogP contribution in [-0.4, -0.2) is 24.7 Å². The summed E-state index contributed by atoms with van der Waals surface area (Å²) in [6, 6.07) is 5.48. The molecule has 2 aliphatic carbocycles. The first-order chi connectivity index (χ1) is 11.9. The Labute approximate surface area is 167 Å². The fraction of sp³-hybridized carbons (Fsp3) is 0.611. The number of nitrogens with zero attached hydrogens (tertiary/aromatic N) is 1. The third-order valence-corrected chi connectivity index (χ3v) is 6.03. The summed E-state index contributed by atoms with van der Waals surface area (Å²) in [5.41, 5.74) is 6.04. The van der Waals surface area contributed by atoms with Crippen LogP contribution in [0.4, 0.5) is 13.2 Å². The minimum atomic E-state index is -4.34. The Morgan fingerprint density at radius 2 is 2.12 bits per heavy atom. The highest BCUT2D eigenvalue weighted by molar-refractivity contribution is 14.0. The van der Waals surface area contributed by atoms with E-state index in [-0.39, 0.29) is 42.0 Å². The molecule has 144 valence electrons. The van der Waals surface area contributed by atoms with E-state index < -0.39 is 11.7 Å². The van der Waals surface area contributed by atoms with Gasteiger partial charge in [0.25, 0.3) is 0 Å². The highest BCUT2D eigenvalue weighted by atomic mass is 127. The lowest BCUT2D eigenvalue weighted by atomic mass is 9.46. The standard InChI is InChI=1S/C18H22F3N3O.HI/c19-18(20,21)12-4-1-3-11(9-12)10-23-16(22)24-14-13-5-8-25-15(13)17(14)6-2-7-17;/h1,3-4,9,13-15H,2,5-8,10H2,(H3,22,23,24);1H. The zero-order valence-corrected chi connectivity index (χ0v) is 16.6. The first-order valence-electron chi connectivity index (χ1n) is 8.74. The van der Waals surface area contributed by atoms with Crippen molar-refractivity contribution in [1.29, 1.82) is 0 Å². The third kappa shape index (κ3) is 3.30. The van der Waals surface area contributed by atoms with E-state index >= 15 is 0 Å². The van der Waals surface area contributed by atoms with Crippen molar-refractivity contribution in [3.8, 4) is 0 Å². The van der Waals surface area contributed by atoms with Crippen molar-refractivity contribution in [3.05, 3.63) is 35.4 Å². The maximum absolute atomic E-state index is 12.8. The predicted molar refractivity (Wildman–Crippen MR) is 103 cm³/mol. The van der Waals surface area contributed by atoms with E-state index in [9.17, 15) is 13.2 Å². The molecule has 8 heteroatoms. The highest BCUT2D eigenvalue weighted by Crippen LogP contribution is 2.62. The third-order valence-electron chi connectivity index (χ3n) is 6.03. The second kappa shape index (κ2) is 7.18. The van der Waals surface area contributed by atoms with Gasteiger partial charge in [-0.25, -0.2) is 4.99 Å². The topological polar surface area (TPSA) is 59.6 Å². The molecule has 0 bridgehead atoms. The molecule has 2 saturated carbocycles. The van der Waals surface area contributed by atoms with Crippen LogP contribution < -0.4 is 11.1 Å². The number of aliphatic imine (C=N–C) groups is 1. The van der Waals surface area contributed by atoms with Crippen molar-refractivity contribution >= 4 is 29.9 Å². The van der Waals surface area contributed by atoms with Crippen molar-refractivity contribution in [1.82, 2.24) is 5.32 Å². The van der Waals surface area contributed by atoms with Gasteiger partial charge in [-0.1, -0.05) is 18.6 Å². The van der Waals surface area contributed by atoms with Crippen LogP contribution in [-0.2, 0) is 17.5 Å². The number of alkyl halides is 3. The molecule has 0 aromatic heterocycles. The fourth-order valence-corrected chi connectivity index (χ4v) is 4.68. The molecular formula is C18H23F3IN3O. The zero-order chi connectivity index (χ0) is 17.7.